The Morgan fingerprint density at radius 3 is 2.79 bits per heavy atom. The molecule has 1 atom stereocenters. The molecule has 0 aliphatic carbocycles. The van der Waals surface area contributed by atoms with Gasteiger partial charge in [0.15, 0.2) is 5.43 Å². The standard InChI is InChI=1S/C13H13ClN2O2S/c1-7-5-10(17)9(6-15-7)13(18)16-8(2)11-3-4-12(14)19-11/h3-6,8H,1-2H3,(H,15,17)(H,16,18). The van der Waals surface area contributed by atoms with Crippen LogP contribution in [0.2, 0.25) is 4.34 Å². The predicted octanol–water partition coefficient (Wildman–Crippen LogP) is 2.89. The Balaban J connectivity index is 2.15. The van der Waals surface area contributed by atoms with Crippen LogP contribution in [-0.2, 0) is 0 Å². The molecule has 2 N–H and O–H groups in total. The number of hydrogen-bond donors (Lipinski definition) is 2. The van der Waals surface area contributed by atoms with Crippen molar-refractivity contribution in [2.75, 3.05) is 0 Å². The maximum atomic E-state index is 12.0. The Hall–Kier alpha value is -1.59. The number of nitrogens with one attached hydrogen (secondary N) is 2. The van der Waals surface area contributed by atoms with E-state index in [0.717, 1.165) is 10.6 Å². The summed E-state index contributed by atoms with van der Waals surface area (Å²) >= 11 is 7.26. The van der Waals surface area contributed by atoms with Crippen LogP contribution in [0.4, 0.5) is 0 Å². The van der Waals surface area contributed by atoms with E-state index in [1.807, 2.05) is 13.0 Å². The lowest BCUT2D eigenvalue weighted by atomic mass is 10.2. The molecular formula is C13H13ClN2O2S. The van der Waals surface area contributed by atoms with E-state index < -0.39 is 5.91 Å². The summed E-state index contributed by atoms with van der Waals surface area (Å²) in [6.07, 6.45) is 1.43. The molecule has 0 spiro atoms. The number of hydrogen-bond acceptors (Lipinski definition) is 3. The van der Waals surface area contributed by atoms with Crippen LogP contribution in [0.3, 0.4) is 0 Å². The van der Waals surface area contributed by atoms with E-state index in [-0.39, 0.29) is 17.0 Å². The summed E-state index contributed by atoms with van der Waals surface area (Å²) in [4.78, 5) is 27.5. The monoisotopic (exact) mass is 296 g/mol. The van der Waals surface area contributed by atoms with Gasteiger partial charge in [-0.1, -0.05) is 11.6 Å². The number of rotatable bonds is 3. The lowest BCUT2D eigenvalue weighted by Gasteiger charge is -2.11. The SMILES string of the molecule is Cc1cc(=O)c(C(=O)NC(C)c2ccc(Cl)s2)c[nH]1. The van der Waals surface area contributed by atoms with Crippen LogP contribution in [0.25, 0.3) is 0 Å². The van der Waals surface area contributed by atoms with Crippen molar-refractivity contribution in [2.24, 2.45) is 0 Å². The third-order valence-electron chi connectivity index (χ3n) is 2.67. The van der Waals surface area contributed by atoms with Crippen LogP contribution >= 0.6 is 22.9 Å². The zero-order chi connectivity index (χ0) is 14.0. The summed E-state index contributed by atoms with van der Waals surface area (Å²) in [7, 11) is 0. The third-order valence-corrected chi connectivity index (χ3v) is 4.08. The van der Waals surface area contributed by atoms with E-state index in [1.54, 1.807) is 13.0 Å². The fourth-order valence-electron chi connectivity index (χ4n) is 1.66. The van der Waals surface area contributed by atoms with Crippen LogP contribution in [0.15, 0.2) is 29.2 Å². The first kappa shape index (κ1) is 13.8. The van der Waals surface area contributed by atoms with Gasteiger partial charge >= 0.3 is 0 Å². The lowest BCUT2D eigenvalue weighted by molar-refractivity contribution is 0.0939. The molecule has 0 saturated carbocycles. The molecule has 4 nitrogen and oxygen atoms in total. The van der Waals surface area contributed by atoms with Crippen molar-refractivity contribution >= 4 is 28.8 Å². The van der Waals surface area contributed by atoms with Crippen molar-refractivity contribution in [2.45, 2.75) is 19.9 Å². The third kappa shape index (κ3) is 3.24. The van der Waals surface area contributed by atoms with Gasteiger partial charge in [-0.05, 0) is 26.0 Å². The minimum atomic E-state index is -0.390. The van der Waals surface area contributed by atoms with E-state index in [9.17, 15) is 9.59 Å². The first-order chi connectivity index (χ1) is 8.97. The number of carbonyl (C=O) groups is 1. The van der Waals surface area contributed by atoms with Gasteiger partial charge in [0, 0.05) is 22.8 Å². The highest BCUT2D eigenvalue weighted by atomic mass is 35.5. The Kier molecular flexibility index (Phi) is 4.07. The number of aromatic nitrogens is 1. The first-order valence-electron chi connectivity index (χ1n) is 5.73. The Morgan fingerprint density at radius 2 is 2.21 bits per heavy atom. The minimum Gasteiger partial charge on any atom is -0.364 e. The van der Waals surface area contributed by atoms with Crippen LogP contribution in [0.1, 0.15) is 33.9 Å². The average Bonchev–Trinajstić information content (AvgIpc) is 2.75. The van der Waals surface area contributed by atoms with Crippen molar-refractivity contribution < 1.29 is 4.79 Å². The zero-order valence-electron chi connectivity index (χ0n) is 10.5. The zero-order valence-corrected chi connectivity index (χ0v) is 12.1. The van der Waals surface area contributed by atoms with Crippen LogP contribution < -0.4 is 10.7 Å². The highest BCUT2D eigenvalue weighted by Gasteiger charge is 2.15. The molecule has 1 unspecified atom stereocenters. The predicted molar refractivity (Wildman–Crippen MR) is 77.0 cm³/mol. The quantitative estimate of drug-likeness (QED) is 0.915. The second-order valence-corrected chi connectivity index (χ2v) is 5.98. The van der Waals surface area contributed by atoms with Crippen LogP contribution in [-0.4, -0.2) is 10.9 Å². The number of aryl methyl sites for hydroxylation is 1. The molecule has 0 aromatic carbocycles. The van der Waals surface area contributed by atoms with Crippen molar-refractivity contribution in [3.05, 3.63) is 55.1 Å². The van der Waals surface area contributed by atoms with Gasteiger partial charge in [0.25, 0.3) is 5.91 Å². The lowest BCUT2D eigenvalue weighted by Crippen LogP contribution is -2.30. The number of halogens is 1. The summed E-state index contributed by atoms with van der Waals surface area (Å²) < 4.78 is 0.671. The highest BCUT2D eigenvalue weighted by Crippen LogP contribution is 2.26. The van der Waals surface area contributed by atoms with E-state index in [0.29, 0.717) is 4.34 Å². The molecule has 2 rings (SSSR count). The Labute approximate surface area is 119 Å². The number of H-pyrrole nitrogens is 1. The van der Waals surface area contributed by atoms with Crippen molar-refractivity contribution in [3.63, 3.8) is 0 Å². The molecule has 0 bridgehead atoms. The fraction of sp³-hybridized carbons (Fsp3) is 0.231. The van der Waals surface area contributed by atoms with Crippen molar-refractivity contribution in [1.29, 1.82) is 0 Å². The summed E-state index contributed by atoms with van der Waals surface area (Å²) in [6.45, 7) is 3.61. The molecule has 100 valence electrons. The fourth-order valence-corrected chi connectivity index (χ4v) is 2.72. The first-order valence-corrected chi connectivity index (χ1v) is 6.92. The number of carbonyl (C=O) groups excluding carboxylic acids is 1. The smallest absolute Gasteiger partial charge is 0.257 e. The molecule has 6 heteroatoms. The molecule has 0 saturated heterocycles. The van der Waals surface area contributed by atoms with Gasteiger partial charge in [-0.2, -0.15) is 0 Å². The molecule has 0 fully saturated rings. The van der Waals surface area contributed by atoms with E-state index in [2.05, 4.69) is 10.3 Å². The largest absolute Gasteiger partial charge is 0.364 e. The average molecular weight is 297 g/mol. The summed E-state index contributed by atoms with van der Waals surface area (Å²) in [5.41, 5.74) is 0.546. The van der Waals surface area contributed by atoms with Gasteiger partial charge in [0.1, 0.15) is 5.56 Å². The molecule has 2 heterocycles. The van der Waals surface area contributed by atoms with Crippen LogP contribution in [0.5, 0.6) is 0 Å². The van der Waals surface area contributed by atoms with E-state index in [1.165, 1.54) is 23.6 Å². The summed E-state index contributed by atoms with van der Waals surface area (Å²) in [5, 5.41) is 2.78. The van der Waals surface area contributed by atoms with Crippen molar-refractivity contribution in [3.8, 4) is 0 Å². The normalized spacial score (nSPS) is 12.2. The Bertz CT molecular complexity index is 663. The number of amides is 1. The van der Waals surface area contributed by atoms with Gasteiger partial charge in [-0.3, -0.25) is 9.59 Å². The number of thiophene rings is 1. The maximum absolute atomic E-state index is 12.0. The number of aromatic amines is 1. The second kappa shape index (κ2) is 5.59. The molecule has 2 aromatic rings. The van der Waals surface area contributed by atoms with E-state index >= 15 is 0 Å². The van der Waals surface area contributed by atoms with Crippen LogP contribution in [0, 0.1) is 6.92 Å². The molecule has 0 radical (unpaired) electrons. The molecule has 1 amide bonds. The van der Waals surface area contributed by atoms with Gasteiger partial charge < -0.3 is 10.3 Å². The topological polar surface area (TPSA) is 62.0 Å². The summed E-state index contributed by atoms with van der Waals surface area (Å²) in [6, 6.07) is 4.85. The molecular weight excluding hydrogens is 284 g/mol. The van der Waals surface area contributed by atoms with E-state index in [4.69, 9.17) is 11.6 Å². The molecule has 0 aliphatic rings. The van der Waals surface area contributed by atoms with Crippen molar-refractivity contribution in [1.82, 2.24) is 10.3 Å². The Morgan fingerprint density at radius 1 is 1.47 bits per heavy atom. The van der Waals surface area contributed by atoms with Gasteiger partial charge in [-0.25, -0.2) is 0 Å². The number of pyridine rings is 1. The molecule has 19 heavy (non-hydrogen) atoms. The van der Waals surface area contributed by atoms with Gasteiger partial charge in [-0.15, -0.1) is 11.3 Å². The second-order valence-electron chi connectivity index (χ2n) is 4.23. The molecule has 0 aliphatic heterocycles. The van der Waals surface area contributed by atoms with Gasteiger partial charge in [0.2, 0.25) is 0 Å². The summed E-state index contributed by atoms with van der Waals surface area (Å²) in [5.74, 6) is -0.390. The molecule has 2 aromatic heterocycles. The maximum Gasteiger partial charge on any atom is 0.257 e. The highest BCUT2D eigenvalue weighted by molar-refractivity contribution is 7.16. The minimum absolute atomic E-state index is 0.111. The van der Waals surface area contributed by atoms with Gasteiger partial charge in [0.05, 0.1) is 10.4 Å².